The van der Waals surface area contributed by atoms with Crippen molar-refractivity contribution < 1.29 is 13.2 Å². The van der Waals surface area contributed by atoms with Gasteiger partial charge in [0.25, 0.3) is 0 Å². The summed E-state index contributed by atoms with van der Waals surface area (Å²) in [5, 5.41) is 2.89. The van der Waals surface area contributed by atoms with Gasteiger partial charge in [-0.25, -0.2) is 4.98 Å². The number of nitrogens with one attached hydrogen (secondary N) is 1. The number of nitrogen functional groups attached to an aromatic ring is 1. The van der Waals surface area contributed by atoms with Gasteiger partial charge in [-0.05, 0) is 18.4 Å². The lowest BCUT2D eigenvalue weighted by Gasteiger charge is -2.13. The highest BCUT2D eigenvalue weighted by Gasteiger charge is 2.32. The highest BCUT2D eigenvalue weighted by molar-refractivity contribution is 5.65. The van der Waals surface area contributed by atoms with Crippen LogP contribution in [0.4, 0.5) is 24.5 Å². The van der Waals surface area contributed by atoms with E-state index in [0.717, 1.165) is 18.7 Å². The third-order valence-corrected chi connectivity index (χ3v) is 2.26. The molecule has 0 saturated carbocycles. The molecule has 0 aliphatic rings. The minimum absolute atomic E-state index is 0.224. The molecule has 17 heavy (non-hydrogen) atoms. The van der Waals surface area contributed by atoms with Crippen molar-refractivity contribution in [2.75, 3.05) is 17.6 Å². The normalized spacial score (nSPS) is 11.9. The van der Waals surface area contributed by atoms with Gasteiger partial charge in [-0.1, -0.05) is 13.8 Å². The number of nitrogens with two attached hydrogens (primary N) is 1. The fourth-order valence-corrected chi connectivity index (χ4v) is 1.27. The average Bonchev–Trinajstić information content (AvgIpc) is 2.18. The van der Waals surface area contributed by atoms with E-state index in [-0.39, 0.29) is 11.4 Å². The Labute approximate surface area is 98.2 Å². The molecule has 0 amide bonds. The highest BCUT2D eigenvalue weighted by Crippen LogP contribution is 2.30. The summed E-state index contributed by atoms with van der Waals surface area (Å²) < 4.78 is 37.3. The van der Waals surface area contributed by atoms with Crippen LogP contribution in [0.5, 0.6) is 0 Å². The summed E-state index contributed by atoms with van der Waals surface area (Å²) in [6.07, 6.45) is -2.55. The van der Waals surface area contributed by atoms with Crippen LogP contribution in [-0.2, 0) is 6.18 Å². The first-order chi connectivity index (χ1) is 7.80. The van der Waals surface area contributed by atoms with E-state index < -0.39 is 11.9 Å². The fourth-order valence-electron chi connectivity index (χ4n) is 1.27. The summed E-state index contributed by atoms with van der Waals surface area (Å²) in [6.45, 7) is 4.67. The standard InChI is InChI=1S/C11H16F3N3/c1-7(2)3-4-16-9-5-10(11(12,13)14)17-6-8(9)15/h5-7H,3-4,15H2,1-2H3,(H,16,17). The molecule has 0 aliphatic heterocycles. The van der Waals surface area contributed by atoms with Gasteiger partial charge >= 0.3 is 6.18 Å². The monoisotopic (exact) mass is 247 g/mol. The van der Waals surface area contributed by atoms with Crippen LogP contribution in [0.25, 0.3) is 0 Å². The van der Waals surface area contributed by atoms with Gasteiger partial charge < -0.3 is 11.1 Å². The van der Waals surface area contributed by atoms with E-state index >= 15 is 0 Å². The largest absolute Gasteiger partial charge is 0.433 e. The Morgan fingerprint density at radius 1 is 1.41 bits per heavy atom. The van der Waals surface area contributed by atoms with Crippen molar-refractivity contribution in [1.82, 2.24) is 4.98 Å². The van der Waals surface area contributed by atoms with Crippen molar-refractivity contribution in [3.8, 4) is 0 Å². The number of alkyl halides is 3. The van der Waals surface area contributed by atoms with E-state index in [1.807, 2.05) is 13.8 Å². The molecule has 0 saturated heterocycles. The summed E-state index contributed by atoms with van der Waals surface area (Å²) in [6, 6.07) is 0.940. The van der Waals surface area contributed by atoms with Crippen molar-refractivity contribution in [3.63, 3.8) is 0 Å². The van der Waals surface area contributed by atoms with E-state index in [1.54, 1.807) is 0 Å². The van der Waals surface area contributed by atoms with E-state index in [9.17, 15) is 13.2 Å². The molecule has 1 aromatic rings. The Bertz CT molecular complexity index is 375. The zero-order chi connectivity index (χ0) is 13.1. The van der Waals surface area contributed by atoms with E-state index in [2.05, 4.69) is 10.3 Å². The van der Waals surface area contributed by atoms with Crippen LogP contribution in [0.2, 0.25) is 0 Å². The summed E-state index contributed by atoms with van der Waals surface area (Å²) in [5.41, 5.74) is 5.13. The predicted molar refractivity (Wildman–Crippen MR) is 61.6 cm³/mol. The first-order valence-electron chi connectivity index (χ1n) is 5.37. The van der Waals surface area contributed by atoms with Gasteiger partial charge in [0.15, 0.2) is 0 Å². The Hall–Kier alpha value is -1.46. The van der Waals surface area contributed by atoms with Crippen LogP contribution < -0.4 is 11.1 Å². The minimum atomic E-state index is -4.44. The van der Waals surface area contributed by atoms with Gasteiger partial charge in [0.1, 0.15) is 5.69 Å². The Balaban J connectivity index is 2.77. The van der Waals surface area contributed by atoms with E-state index in [1.165, 1.54) is 0 Å². The lowest BCUT2D eigenvalue weighted by molar-refractivity contribution is -0.141. The maximum Gasteiger partial charge on any atom is 0.433 e. The van der Waals surface area contributed by atoms with Gasteiger partial charge in [-0.2, -0.15) is 13.2 Å². The lowest BCUT2D eigenvalue weighted by atomic mass is 10.1. The van der Waals surface area contributed by atoms with Gasteiger partial charge in [0.2, 0.25) is 0 Å². The molecule has 0 aromatic carbocycles. The first kappa shape index (κ1) is 13.6. The summed E-state index contributed by atoms with van der Waals surface area (Å²) in [4.78, 5) is 3.26. The zero-order valence-electron chi connectivity index (χ0n) is 9.80. The number of aromatic nitrogens is 1. The van der Waals surface area contributed by atoms with Crippen LogP contribution >= 0.6 is 0 Å². The molecule has 6 heteroatoms. The Morgan fingerprint density at radius 2 is 2.06 bits per heavy atom. The first-order valence-corrected chi connectivity index (χ1v) is 5.37. The van der Waals surface area contributed by atoms with Crippen LogP contribution in [0.3, 0.4) is 0 Å². The molecule has 0 aliphatic carbocycles. The molecule has 0 fully saturated rings. The Kier molecular flexibility index (Phi) is 4.20. The van der Waals surface area contributed by atoms with Crippen molar-refractivity contribution in [2.24, 2.45) is 5.92 Å². The van der Waals surface area contributed by atoms with Crippen molar-refractivity contribution in [1.29, 1.82) is 0 Å². The number of rotatable bonds is 4. The third kappa shape index (κ3) is 4.13. The molecule has 1 aromatic heterocycles. The zero-order valence-corrected chi connectivity index (χ0v) is 9.80. The van der Waals surface area contributed by atoms with Crippen LogP contribution in [0.1, 0.15) is 26.0 Å². The number of halogens is 3. The number of pyridine rings is 1. The Morgan fingerprint density at radius 3 is 2.59 bits per heavy atom. The smallest absolute Gasteiger partial charge is 0.396 e. The van der Waals surface area contributed by atoms with Crippen LogP contribution in [-0.4, -0.2) is 11.5 Å². The molecule has 0 radical (unpaired) electrons. The molecular weight excluding hydrogens is 231 g/mol. The van der Waals surface area contributed by atoms with Crippen molar-refractivity contribution >= 4 is 11.4 Å². The van der Waals surface area contributed by atoms with Gasteiger partial charge in [0, 0.05) is 6.54 Å². The summed E-state index contributed by atoms with van der Waals surface area (Å²) in [7, 11) is 0. The molecule has 0 spiro atoms. The van der Waals surface area contributed by atoms with E-state index in [0.29, 0.717) is 12.5 Å². The van der Waals surface area contributed by atoms with Crippen molar-refractivity contribution in [2.45, 2.75) is 26.4 Å². The number of anilines is 2. The SMILES string of the molecule is CC(C)CCNc1cc(C(F)(F)F)ncc1N. The number of nitrogens with zero attached hydrogens (tertiary/aromatic N) is 1. The summed E-state index contributed by atoms with van der Waals surface area (Å²) >= 11 is 0. The number of hydrogen-bond donors (Lipinski definition) is 2. The molecule has 0 unspecified atom stereocenters. The predicted octanol–water partition coefficient (Wildman–Crippen LogP) is 3.14. The molecule has 0 atom stereocenters. The number of hydrogen-bond acceptors (Lipinski definition) is 3. The highest BCUT2D eigenvalue weighted by atomic mass is 19.4. The van der Waals surface area contributed by atoms with Gasteiger partial charge in [0.05, 0.1) is 17.6 Å². The quantitative estimate of drug-likeness (QED) is 0.859. The van der Waals surface area contributed by atoms with Crippen LogP contribution in [0, 0.1) is 5.92 Å². The maximum absolute atomic E-state index is 12.4. The maximum atomic E-state index is 12.4. The second-order valence-corrected chi connectivity index (χ2v) is 4.26. The van der Waals surface area contributed by atoms with Crippen molar-refractivity contribution in [3.05, 3.63) is 18.0 Å². The minimum Gasteiger partial charge on any atom is -0.396 e. The van der Waals surface area contributed by atoms with Gasteiger partial charge in [-0.15, -0.1) is 0 Å². The van der Waals surface area contributed by atoms with E-state index in [4.69, 9.17) is 5.73 Å². The molecular formula is C11H16F3N3. The second kappa shape index (κ2) is 5.25. The molecule has 3 N–H and O–H groups in total. The third-order valence-electron chi connectivity index (χ3n) is 2.26. The molecule has 3 nitrogen and oxygen atoms in total. The summed E-state index contributed by atoms with van der Waals surface area (Å²) in [5.74, 6) is 0.479. The molecule has 0 bridgehead atoms. The van der Waals surface area contributed by atoms with Crippen LogP contribution in [0.15, 0.2) is 12.3 Å². The lowest BCUT2D eigenvalue weighted by Crippen LogP contribution is -2.12. The molecule has 96 valence electrons. The average molecular weight is 247 g/mol. The molecule has 1 rings (SSSR count). The second-order valence-electron chi connectivity index (χ2n) is 4.26. The topological polar surface area (TPSA) is 50.9 Å². The molecule has 1 heterocycles. The van der Waals surface area contributed by atoms with Gasteiger partial charge in [-0.3, -0.25) is 0 Å². The fraction of sp³-hybridized carbons (Fsp3) is 0.545.